The first-order valence-corrected chi connectivity index (χ1v) is 7.21. The number of benzene rings is 1. The van der Waals surface area contributed by atoms with Crippen molar-refractivity contribution in [3.63, 3.8) is 0 Å². The number of halogens is 1. The lowest BCUT2D eigenvalue weighted by atomic mass is 10.1. The Bertz CT molecular complexity index is 685. The Morgan fingerprint density at radius 3 is 2.71 bits per heavy atom. The van der Waals surface area contributed by atoms with Crippen LogP contribution in [-0.2, 0) is 11.3 Å². The summed E-state index contributed by atoms with van der Waals surface area (Å²) in [7, 11) is 1.31. The van der Waals surface area contributed by atoms with Crippen molar-refractivity contribution >= 4 is 40.5 Å². The average Bonchev–Trinajstić information content (AvgIpc) is 2.92. The zero-order chi connectivity index (χ0) is 15.4. The number of hydrogen-bond acceptors (Lipinski definition) is 5. The molecule has 0 saturated heterocycles. The van der Waals surface area contributed by atoms with Crippen LogP contribution >= 0.6 is 22.9 Å². The number of rotatable bonds is 4. The molecule has 7 heteroatoms. The van der Waals surface area contributed by atoms with Gasteiger partial charge in [0.1, 0.15) is 0 Å². The van der Waals surface area contributed by atoms with Gasteiger partial charge in [-0.1, -0.05) is 11.6 Å². The topological polar surface area (TPSA) is 81.4 Å². The smallest absolute Gasteiger partial charge is 0.337 e. The number of esters is 1. The van der Waals surface area contributed by atoms with E-state index in [0.29, 0.717) is 26.0 Å². The fourth-order valence-corrected chi connectivity index (χ4v) is 2.66. The van der Waals surface area contributed by atoms with Crippen molar-refractivity contribution in [3.05, 3.63) is 50.7 Å². The zero-order valence-electron chi connectivity index (χ0n) is 11.2. The Morgan fingerprint density at radius 1 is 1.33 bits per heavy atom. The van der Waals surface area contributed by atoms with Crippen molar-refractivity contribution < 1.29 is 14.3 Å². The minimum absolute atomic E-state index is 0.213. The SMILES string of the molecule is COC(=O)c1ccc(N)c(CNC(=O)c2ccc(Cl)s2)c1. The van der Waals surface area contributed by atoms with Crippen LogP contribution in [0.25, 0.3) is 0 Å². The van der Waals surface area contributed by atoms with Gasteiger partial charge in [0.15, 0.2) is 0 Å². The zero-order valence-corrected chi connectivity index (χ0v) is 12.8. The fraction of sp³-hybridized carbons (Fsp3) is 0.143. The second kappa shape index (κ2) is 6.60. The number of carbonyl (C=O) groups is 2. The van der Waals surface area contributed by atoms with Crippen molar-refractivity contribution in [2.45, 2.75) is 6.54 Å². The van der Waals surface area contributed by atoms with E-state index in [2.05, 4.69) is 10.1 Å². The highest BCUT2D eigenvalue weighted by Crippen LogP contribution is 2.21. The second-order valence-electron chi connectivity index (χ2n) is 4.19. The van der Waals surface area contributed by atoms with E-state index in [1.54, 1.807) is 30.3 Å². The molecule has 1 heterocycles. The van der Waals surface area contributed by atoms with Crippen LogP contribution in [0.5, 0.6) is 0 Å². The molecule has 110 valence electrons. The van der Waals surface area contributed by atoms with E-state index in [4.69, 9.17) is 17.3 Å². The molecule has 0 saturated carbocycles. The Kier molecular flexibility index (Phi) is 4.82. The number of methoxy groups -OCH3 is 1. The molecule has 0 atom stereocenters. The molecule has 3 N–H and O–H groups in total. The fourth-order valence-electron chi connectivity index (χ4n) is 1.70. The number of amides is 1. The van der Waals surface area contributed by atoms with Gasteiger partial charge >= 0.3 is 5.97 Å². The highest BCUT2D eigenvalue weighted by molar-refractivity contribution is 7.17. The van der Waals surface area contributed by atoms with Crippen LogP contribution in [0, 0.1) is 0 Å². The molecule has 0 unspecified atom stereocenters. The first-order chi connectivity index (χ1) is 10.0. The normalized spacial score (nSPS) is 10.2. The van der Waals surface area contributed by atoms with Crippen molar-refractivity contribution in [3.8, 4) is 0 Å². The predicted octanol–water partition coefficient (Wildman–Crippen LogP) is 2.70. The summed E-state index contributed by atoms with van der Waals surface area (Å²) in [5, 5.41) is 2.73. The summed E-state index contributed by atoms with van der Waals surface area (Å²) < 4.78 is 5.20. The van der Waals surface area contributed by atoms with E-state index >= 15 is 0 Å². The monoisotopic (exact) mass is 324 g/mol. The molecule has 2 rings (SSSR count). The number of thiophene rings is 1. The molecular formula is C14H13ClN2O3S. The van der Waals surface area contributed by atoms with Crippen molar-refractivity contribution in [2.75, 3.05) is 12.8 Å². The Labute approximate surface area is 130 Å². The molecule has 0 spiro atoms. The third kappa shape index (κ3) is 3.74. The number of nitrogen functional groups attached to an aromatic ring is 1. The second-order valence-corrected chi connectivity index (χ2v) is 5.91. The van der Waals surface area contributed by atoms with Gasteiger partial charge in [0.2, 0.25) is 0 Å². The Morgan fingerprint density at radius 2 is 2.10 bits per heavy atom. The Balaban J connectivity index is 2.09. The van der Waals surface area contributed by atoms with Crippen LogP contribution in [0.1, 0.15) is 25.6 Å². The third-order valence-electron chi connectivity index (χ3n) is 2.80. The van der Waals surface area contributed by atoms with Crippen LogP contribution in [0.3, 0.4) is 0 Å². The standard InChI is InChI=1S/C14H13ClN2O3S/c1-20-14(19)8-2-3-10(16)9(6-8)7-17-13(18)11-4-5-12(15)21-11/h2-6H,7,16H2,1H3,(H,17,18). The number of nitrogens with one attached hydrogen (secondary N) is 1. The molecule has 21 heavy (non-hydrogen) atoms. The summed E-state index contributed by atoms with van der Waals surface area (Å²) in [6, 6.07) is 8.09. The lowest BCUT2D eigenvalue weighted by Crippen LogP contribution is -2.22. The molecule has 0 fully saturated rings. The third-order valence-corrected chi connectivity index (χ3v) is 4.03. The summed E-state index contributed by atoms with van der Waals surface area (Å²) in [5.74, 6) is -0.692. The lowest BCUT2D eigenvalue weighted by Gasteiger charge is -2.09. The highest BCUT2D eigenvalue weighted by atomic mass is 35.5. The molecule has 1 aromatic heterocycles. The largest absolute Gasteiger partial charge is 0.465 e. The summed E-state index contributed by atoms with van der Waals surface area (Å²) >= 11 is 6.98. The molecule has 1 aromatic carbocycles. The molecule has 0 aliphatic heterocycles. The van der Waals surface area contributed by atoms with E-state index in [1.807, 2.05) is 0 Å². The summed E-state index contributed by atoms with van der Waals surface area (Å²) in [6.07, 6.45) is 0. The summed E-state index contributed by atoms with van der Waals surface area (Å²) in [5.41, 5.74) is 7.36. The Hall–Kier alpha value is -2.05. The van der Waals surface area contributed by atoms with Gasteiger partial charge < -0.3 is 15.8 Å². The van der Waals surface area contributed by atoms with Gasteiger partial charge in [0.05, 0.1) is 21.9 Å². The van der Waals surface area contributed by atoms with Crippen LogP contribution in [0.15, 0.2) is 30.3 Å². The minimum Gasteiger partial charge on any atom is -0.465 e. The lowest BCUT2D eigenvalue weighted by molar-refractivity contribution is 0.0600. The van der Waals surface area contributed by atoms with Crippen LogP contribution in [0.4, 0.5) is 5.69 Å². The number of ether oxygens (including phenoxy) is 1. The van der Waals surface area contributed by atoms with Gasteiger partial charge in [0, 0.05) is 12.2 Å². The van der Waals surface area contributed by atoms with Gasteiger partial charge in [0.25, 0.3) is 5.91 Å². The molecule has 2 aromatic rings. The first kappa shape index (κ1) is 15.3. The van der Waals surface area contributed by atoms with Gasteiger partial charge in [-0.25, -0.2) is 4.79 Å². The van der Waals surface area contributed by atoms with Crippen LogP contribution in [-0.4, -0.2) is 19.0 Å². The first-order valence-electron chi connectivity index (χ1n) is 6.01. The van der Waals surface area contributed by atoms with Crippen molar-refractivity contribution in [1.29, 1.82) is 0 Å². The molecule has 1 amide bonds. The molecule has 0 aliphatic carbocycles. The van der Waals surface area contributed by atoms with Gasteiger partial charge in [-0.05, 0) is 35.9 Å². The average molecular weight is 325 g/mol. The van der Waals surface area contributed by atoms with Gasteiger partial charge in [-0.2, -0.15) is 0 Å². The maximum absolute atomic E-state index is 11.9. The molecule has 0 radical (unpaired) electrons. The number of carbonyl (C=O) groups excluding carboxylic acids is 2. The molecule has 5 nitrogen and oxygen atoms in total. The van der Waals surface area contributed by atoms with E-state index in [1.165, 1.54) is 18.4 Å². The quantitative estimate of drug-likeness (QED) is 0.669. The van der Waals surface area contributed by atoms with Gasteiger partial charge in [-0.15, -0.1) is 11.3 Å². The maximum Gasteiger partial charge on any atom is 0.337 e. The maximum atomic E-state index is 11.9. The number of anilines is 1. The number of hydrogen-bond donors (Lipinski definition) is 2. The van der Waals surface area contributed by atoms with Crippen molar-refractivity contribution in [1.82, 2.24) is 5.32 Å². The minimum atomic E-state index is -0.451. The highest BCUT2D eigenvalue weighted by Gasteiger charge is 2.11. The predicted molar refractivity (Wildman–Crippen MR) is 82.7 cm³/mol. The van der Waals surface area contributed by atoms with Crippen LogP contribution < -0.4 is 11.1 Å². The summed E-state index contributed by atoms with van der Waals surface area (Å²) in [4.78, 5) is 23.9. The van der Waals surface area contributed by atoms with E-state index < -0.39 is 5.97 Å². The number of nitrogens with two attached hydrogens (primary N) is 1. The van der Waals surface area contributed by atoms with Gasteiger partial charge in [-0.3, -0.25) is 4.79 Å². The van der Waals surface area contributed by atoms with E-state index in [9.17, 15) is 9.59 Å². The van der Waals surface area contributed by atoms with Crippen molar-refractivity contribution in [2.24, 2.45) is 0 Å². The molecule has 0 bridgehead atoms. The molecular weight excluding hydrogens is 312 g/mol. The van der Waals surface area contributed by atoms with E-state index in [-0.39, 0.29) is 12.5 Å². The van der Waals surface area contributed by atoms with E-state index in [0.717, 1.165) is 0 Å². The summed E-state index contributed by atoms with van der Waals surface area (Å²) in [6.45, 7) is 0.213. The van der Waals surface area contributed by atoms with Crippen LogP contribution in [0.2, 0.25) is 4.34 Å². The molecule has 0 aliphatic rings.